The molecule has 3 N–H and O–H groups in total. The molecule has 2 unspecified atom stereocenters. The minimum Gasteiger partial charge on any atom is -0.506 e. The zero-order valence-electron chi connectivity index (χ0n) is 23.6. The molecule has 2 atom stereocenters. The van der Waals surface area contributed by atoms with Gasteiger partial charge in [0.15, 0.2) is 11.6 Å². The summed E-state index contributed by atoms with van der Waals surface area (Å²) in [6.07, 6.45) is -1.15. The molecule has 0 amide bonds. The van der Waals surface area contributed by atoms with Gasteiger partial charge in [-0.05, 0) is 31.0 Å². The van der Waals surface area contributed by atoms with E-state index in [1.165, 1.54) is 13.0 Å². The number of phenols is 1. The molecule has 4 rings (SSSR count). The first kappa shape index (κ1) is 35.0. The van der Waals surface area contributed by atoms with Crippen molar-refractivity contribution in [2.75, 3.05) is 6.26 Å². The number of para-hydroxylation sites is 1. The maximum atomic E-state index is 11.9. The number of aliphatic hydroxyl groups is 1. The van der Waals surface area contributed by atoms with Crippen LogP contribution in [0.3, 0.4) is 0 Å². The van der Waals surface area contributed by atoms with E-state index in [1.807, 2.05) is 12.1 Å². The first-order chi connectivity index (χ1) is 20.1. The Balaban J connectivity index is 0.000000228. The highest BCUT2D eigenvalue weighted by molar-refractivity contribution is 7.86. The van der Waals surface area contributed by atoms with Gasteiger partial charge >= 0.3 is 0 Å². The van der Waals surface area contributed by atoms with E-state index in [1.54, 1.807) is 91.9 Å². The van der Waals surface area contributed by atoms with Crippen molar-refractivity contribution >= 4 is 31.8 Å². The van der Waals surface area contributed by atoms with E-state index in [0.29, 0.717) is 22.3 Å². The molecule has 0 saturated carbocycles. The van der Waals surface area contributed by atoms with Crippen molar-refractivity contribution < 1.29 is 45.4 Å². The molecule has 0 aliphatic carbocycles. The Hall–Kier alpha value is -4.20. The minimum atomic E-state index is -4.31. The summed E-state index contributed by atoms with van der Waals surface area (Å²) in [6.45, 7) is 2.96. The van der Waals surface area contributed by atoms with E-state index in [2.05, 4.69) is 4.18 Å². The first-order valence-electron chi connectivity index (χ1n) is 12.7. The quantitative estimate of drug-likeness (QED) is 0.140. The maximum Gasteiger partial charge on any atom is 0.298 e. The Morgan fingerprint density at radius 3 is 1.56 bits per heavy atom. The smallest absolute Gasteiger partial charge is 0.298 e. The molecule has 0 heterocycles. The number of carbonyl (C=O) groups excluding carboxylic acids is 2. The Morgan fingerprint density at radius 1 is 0.698 bits per heavy atom. The molecular formula is C31H32O10S2. The molecule has 0 aromatic heterocycles. The zero-order chi connectivity index (χ0) is 32.2. The fourth-order valence-corrected chi connectivity index (χ4v) is 4.80. The summed E-state index contributed by atoms with van der Waals surface area (Å²) in [5.41, 5.74) is 1.99. The summed E-state index contributed by atoms with van der Waals surface area (Å²) >= 11 is 0. The number of rotatable bonds is 8. The van der Waals surface area contributed by atoms with Gasteiger partial charge < -0.3 is 10.2 Å². The molecule has 0 bridgehead atoms. The molecule has 0 spiro atoms. The van der Waals surface area contributed by atoms with Crippen LogP contribution in [-0.2, 0) is 24.4 Å². The number of hydrogen-bond acceptors (Lipinski definition) is 9. The van der Waals surface area contributed by atoms with Gasteiger partial charge in [0.25, 0.3) is 20.2 Å². The van der Waals surface area contributed by atoms with Gasteiger partial charge in [-0.1, -0.05) is 103 Å². The third-order valence-corrected chi connectivity index (χ3v) is 7.17. The molecule has 4 aromatic rings. The van der Waals surface area contributed by atoms with Crippen LogP contribution in [0.1, 0.15) is 44.9 Å². The average Bonchev–Trinajstić information content (AvgIpc) is 2.98. The van der Waals surface area contributed by atoms with E-state index in [9.17, 15) is 36.6 Å². The fourth-order valence-electron chi connectivity index (χ4n) is 3.53. The molecule has 0 saturated heterocycles. The first-order valence-corrected chi connectivity index (χ1v) is 15.9. The van der Waals surface area contributed by atoms with Gasteiger partial charge in [0.2, 0.25) is 0 Å². The van der Waals surface area contributed by atoms with Gasteiger partial charge in [-0.3, -0.25) is 18.3 Å². The second-order valence-electron chi connectivity index (χ2n) is 9.11. The van der Waals surface area contributed by atoms with Crippen LogP contribution in [0.2, 0.25) is 0 Å². The van der Waals surface area contributed by atoms with E-state index in [-0.39, 0.29) is 11.6 Å². The Labute approximate surface area is 251 Å². The normalized spacial score (nSPS) is 12.4. The number of aromatic hydroxyl groups is 1. The number of ketones is 2. The average molecular weight is 629 g/mol. The number of carbonyl (C=O) groups is 2. The van der Waals surface area contributed by atoms with Crippen LogP contribution >= 0.6 is 0 Å². The fraction of sp³-hybridized carbons (Fsp3) is 0.161. The lowest BCUT2D eigenvalue weighted by Crippen LogP contribution is -2.23. The molecule has 0 radical (unpaired) electrons. The summed E-state index contributed by atoms with van der Waals surface area (Å²) < 4.78 is 56.0. The van der Waals surface area contributed by atoms with Gasteiger partial charge in [-0.2, -0.15) is 16.8 Å². The summed E-state index contributed by atoms with van der Waals surface area (Å²) in [7, 11) is -7.90. The molecule has 12 heteroatoms. The van der Waals surface area contributed by atoms with Crippen LogP contribution in [0, 0.1) is 6.92 Å². The van der Waals surface area contributed by atoms with E-state index < -0.39 is 43.1 Å². The molecule has 0 aliphatic heterocycles. The van der Waals surface area contributed by atoms with Crippen molar-refractivity contribution in [3.05, 3.63) is 131 Å². The van der Waals surface area contributed by atoms with Gasteiger partial charge in [-0.15, -0.1) is 0 Å². The standard InChI is InChI=1S/C14H12O2.C10H12O4S.C7H8O4S/c15-13(11-7-3-1-4-8-11)14(16)12-9-5-2-6-10-12;1-8(14-15(2,12)13)10(11)9-6-4-3-5-7-9;1-5-3-2-4-6(7(5)8)12(9,10)11/h1-10,13,15H;3-8H,1-2H3;2-4,8H,1H3,(H,9,10,11). The predicted octanol–water partition coefficient (Wildman–Crippen LogP) is 4.78. The monoisotopic (exact) mass is 628 g/mol. The SMILES string of the molecule is CC(OS(C)(=O)=O)C(=O)c1ccccc1.Cc1cccc(S(=O)(=O)O)c1O.O=C(c1ccccc1)C(O)c1ccccc1. The summed E-state index contributed by atoms with van der Waals surface area (Å²) in [6, 6.07) is 30.3. The number of Topliss-reactive ketones (excluding diaryl/α,β-unsaturated/α-hetero) is 2. The number of aryl methyl sites for hydroxylation is 1. The second-order valence-corrected chi connectivity index (χ2v) is 12.1. The molecule has 228 valence electrons. The van der Waals surface area contributed by atoms with Crippen molar-refractivity contribution in [3.63, 3.8) is 0 Å². The summed E-state index contributed by atoms with van der Waals surface area (Å²) in [4.78, 5) is 23.1. The zero-order valence-corrected chi connectivity index (χ0v) is 25.2. The lowest BCUT2D eigenvalue weighted by Gasteiger charge is -2.09. The molecular weight excluding hydrogens is 596 g/mol. The van der Waals surface area contributed by atoms with Crippen LogP contribution in [0.25, 0.3) is 0 Å². The van der Waals surface area contributed by atoms with Crippen molar-refractivity contribution in [1.82, 2.24) is 0 Å². The highest BCUT2D eigenvalue weighted by Gasteiger charge is 2.20. The maximum absolute atomic E-state index is 11.9. The highest BCUT2D eigenvalue weighted by Crippen LogP contribution is 2.25. The summed E-state index contributed by atoms with van der Waals surface area (Å²) in [5, 5.41) is 19.1. The van der Waals surface area contributed by atoms with Gasteiger partial charge in [-0.25, -0.2) is 0 Å². The van der Waals surface area contributed by atoms with Gasteiger partial charge in [0, 0.05) is 11.1 Å². The van der Waals surface area contributed by atoms with Crippen LogP contribution in [0.5, 0.6) is 5.75 Å². The van der Waals surface area contributed by atoms with E-state index >= 15 is 0 Å². The third kappa shape index (κ3) is 11.5. The second kappa shape index (κ2) is 15.9. The molecule has 10 nitrogen and oxygen atoms in total. The van der Waals surface area contributed by atoms with Crippen LogP contribution in [0.15, 0.2) is 114 Å². The van der Waals surface area contributed by atoms with Crippen molar-refractivity contribution in [2.24, 2.45) is 0 Å². The third-order valence-electron chi connectivity index (χ3n) is 5.65. The van der Waals surface area contributed by atoms with Crippen molar-refractivity contribution in [1.29, 1.82) is 0 Å². The van der Waals surface area contributed by atoms with Crippen LogP contribution < -0.4 is 0 Å². The Morgan fingerprint density at radius 2 is 1.14 bits per heavy atom. The molecule has 0 fully saturated rings. The summed E-state index contributed by atoms with van der Waals surface area (Å²) in [5.74, 6) is -1.02. The molecule has 4 aromatic carbocycles. The number of benzene rings is 4. The lowest BCUT2D eigenvalue weighted by molar-refractivity contribution is 0.0747. The topological polar surface area (TPSA) is 172 Å². The number of aliphatic hydroxyl groups excluding tert-OH is 1. The van der Waals surface area contributed by atoms with Gasteiger partial charge in [0.1, 0.15) is 22.9 Å². The Bertz CT molecular complexity index is 1710. The van der Waals surface area contributed by atoms with E-state index in [0.717, 1.165) is 12.3 Å². The van der Waals surface area contributed by atoms with Gasteiger partial charge in [0.05, 0.1) is 6.26 Å². The lowest BCUT2D eigenvalue weighted by atomic mass is 10.0. The Kier molecular flexibility index (Phi) is 12.9. The number of hydrogen-bond donors (Lipinski definition) is 3. The highest BCUT2D eigenvalue weighted by atomic mass is 32.2. The van der Waals surface area contributed by atoms with Crippen LogP contribution in [-0.4, -0.2) is 55.5 Å². The van der Waals surface area contributed by atoms with Crippen LogP contribution in [0.4, 0.5) is 0 Å². The van der Waals surface area contributed by atoms with Crippen molar-refractivity contribution in [2.45, 2.75) is 31.0 Å². The molecule has 43 heavy (non-hydrogen) atoms. The molecule has 0 aliphatic rings. The van der Waals surface area contributed by atoms with Crippen molar-refractivity contribution in [3.8, 4) is 5.75 Å². The largest absolute Gasteiger partial charge is 0.506 e. The van der Waals surface area contributed by atoms with E-state index in [4.69, 9.17) is 4.55 Å². The number of phenolic OH excluding ortho intramolecular Hbond substituents is 1. The predicted molar refractivity (Wildman–Crippen MR) is 161 cm³/mol. The minimum absolute atomic E-state index is 0.271.